The van der Waals surface area contributed by atoms with Crippen LogP contribution in [0.25, 0.3) is 0 Å². The van der Waals surface area contributed by atoms with E-state index in [2.05, 4.69) is 26.1 Å². The van der Waals surface area contributed by atoms with Crippen LogP contribution in [-0.4, -0.2) is 43.3 Å². The van der Waals surface area contributed by atoms with Gasteiger partial charge in [0.1, 0.15) is 5.82 Å². The van der Waals surface area contributed by atoms with Gasteiger partial charge in [-0.25, -0.2) is 4.39 Å². The van der Waals surface area contributed by atoms with Crippen molar-refractivity contribution >= 4 is 15.9 Å². The van der Waals surface area contributed by atoms with Crippen molar-refractivity contribution in [2.45, 2.75) is 44.2 Å². The molecule has 1 heterocycles. The fourth-order valence-electron chi connectivity index (χ4n) is 3.96. The van der Waals surface area contributed by atoms with Gasteiger partial charge in [-0.3, -0.25) is 4.90 Å². The van der Waals surface area contributed by atoms with Crippen LogP contribution in [0.5, 0.6) is 0 Å². The Bertz CT molecular complexity index is 514. The fourth-order valence-corrected chi connectivity index (χ4v) is 4.37. The molecule has 0 bridgehead atoms. The van der Waals surface area contributed by atoms with Crippen molar-refractivity contribution in [3.8, 4) is 0 Å². The number of ether oxygens (including phenoxy) is 1. The van der Waals surface area contributed by atoms with Crippen LogP contribution in [0.15, 0.2) is 22.7 Å². The first-order chi connectivity index (χ1) is 11.2. The largest absolute Gasteiger partial charge is 0.379 e. The number of hydrogen-bond donors (Lipinski definition) is 1. The molecule has 1 saturated carbocycles. The molecular weight excluding hydrogens is 359 g/mol. The quantitative estimate of drug-likeness (QED) is 0.837. The molecule has 2 aliphatic rings. The van der Waals surface area contributed by atoms with Gasteiger partial charge in [0, 0.05) is 41.8 Å². The standard InChI is InChI=1S/C18H26BrFN2O/c19-16-4-5-17(20)15(12-16)13-21-14-18(6-2-1-3-7-18)22-8-10-23-11-9-22/h4-5,12,21H,1-3,6-11,13-14H2. The van der Waals surface area contributed by atoms with Crippen molar-refractivity contribution in [3.05, 3.63) is 34.1 Å². The van der Waals surface area contributed by atoms with Gasteiger partial charge >= 0.3 is 0 Å². The van der Waals surface area contributed by atoms with E-state index in [-0.39, 0.29) is 11.4 Å². The average Bonchev–Trinajstić information content (AvgIpc) is 2.60. The van der Waals surface area contributed by atoms with E-state index in [1.54, 1.807) is 6.07 Å². The number of morpholine rings is 1. The van der Waals surface area contributed by atoms with Crippen LogP contribution in [0, 0.1) is 5.82 Å². The molecule has 0 amide bonds. The number of nitrogens with zero attached hydrogens (tertiary/aromatic N) is 1. The maximum Gasteiger partial charge on any atom is 0.127 e. The van der Waals surface area contributed by atoms with Gasteiger partial charge in [0.05, 0.1) is 13.2 Å². The van der Waals surface area contributed by atoms with Crippen LogP contribution < -0.4 is 5.32 Å². The maximum atomic E-state index is 13.9. The van der Waals surface area contributed by atoms with Crippen molar-refractivity contribution in [1.82, 2.24) is 10.2 Å². The average molecular weight is 385 g/mol. The van der Waals surface area contributed by atoms with E-state index in [0.29, 0.717) is 6.54 Å². The van der Waals surface area contributed by atoms with E-state index < -0.39 is 0 Å². The second-order valence-corrected chi connectivity index (χ2v) is 7.64. The zero-order valence-corrected chi connectivity index (χ0v) is 15.2. The van der Waals surface area contributed by atoms with Crippen LogP contribution in [0.2, 0.25) is 0 Å². The van der Waals surface area contributed by atoms with Crippen molar-refractivity contribution < 1.29 is 9.13 Å². The molecule has 5 heteroatoms. The number of nitrogens with one attached hydrogen (secondary N) is 1. The summed E-state index contributed by atoms with van der Waals surface area (Å²) in [6.45, 7) is 5.22. The molecule has 0 aromatic heterocycles. The Balaban J connectivity index is 1.63. The summed E-state index contributed by atoms with van der Waals surface area (Å²) in [5, 5.41) is 3.53. The zero-order valence-electron chi connectivity index (χ0n) is 13.6. The van der Waals surface area contributed by atoms with Crippen molar-refractivity contribution in [3.63, 3.8) is 0 Å². The first-order valence-electron chi connectivity index (χ1n) is 8.67. The second kappa shape index (κ2) is 8.06. The predicted molar refractivity (Wildman–Crippen MR) is 94.0 cm³/mol. The minimum absolute atomic E-state index is 0.134. The van der Waals surface area contributed by atoms with E-state index in [1.807, 2.05) is 6.07 Å². The molecule has 1 aliphatic heterocycles. The van der Waals surface area contributed by atoms with Gasteiger partial charge in [0.25, 0.3) is 0 Å². The van der Waals surface area contributed by atoms with Crippen LogP contribution >= 0.6 is 15.9 Å². The van der Waals surface area contributed by atoms with E-state index in [4.69, 9.17) is 4.74 Å². The first kappa shape index (κ1) is 17.3. The fraction of sp³-hybridized carbons (Fsp3) is 0.667. The molecule has 2 fully saturated rings. The predicted octanol–water partition coefficient (Wildman–Crippen LogP) is 3.71. The molecule has 1 saturated heterocycles. The smallest absolute Gasteiger partial charge is 0.127 e. The normalized spacial score (nSPS) is 22.2. The Morgan fingerprint density at radius 3 is 2.65 bits per heavy atom. The SMILES string of the molecule is Fc1ccc(Br)cc1CNCC1(N2CCOCC2)CCCCC1. The van der Waals surface area contributed by atoms with E-state index in [1.165, 1.54) is 38.2 Å². The highest BCUT2D eigenvalue weighted by molar-refractivity contribution is 9.10. The third kappa shape index (κ3) is 4.32. The molecule has 0 unspecified atom stereocenters. The summed E-state index contributed by atoms with van der Waals surface area (Å²) in [7, 11) is 0. The molecule has 0 spiro atoms. The number of halogens is 2. The molecule has 1 aromatic carbocycles. The highest BCUT2D eigenvalue weighted by Crippen LogP contribution is 2.34. The summed E-state index contributed by atoms with van der Waals surface area (Å²) in [5.74, 6) is -0.134. The minimum Gasteiger partial charge on any atom is -0.379 e. The molecule has 0 atom stereocenters. The van der Waals surface area contributed by atoms with Gasteiger partial charge in [-0.2, -0.15) is 0 Å². The van der Waals surface area contributed by atoms with Crippen molar-refractivity contribution in [2.24, 2.45) is 0 Å². The Labute approximate surface area is 146 Å². The minimum atomic E-state index is -0.134. The number of benzene rings is 1. The van der Waals surface area contributed by atoms with E-state index in [0.717, 1.165) is 42.9 Å². The first-order valence-corrected chi connectivity index (χ1v) is 9.46. The van der Waals surface area contributed by atoms with Gasteiger partial charge < -0.3 is 10.1 Å². The third-order valence-electron chi connectivity index (χ3n) is 5.24. The molecule has 3 rings (SSSR count). The third-order valence-corrected chi connectivity index (χ3v) is 5.74. The lowest BCUT2D eigenvalue weighted by Gasteiger charge is -2.48. The number of hydrogen-bond acceptors (Lipinski definition) is 3. The molecule has 1 N–H and O–H groups in total. The molecule has 1 aromatic rings. The lowest BCUT2D eigenvalue weighted by molar-refractivity contribution is -0.0369. The van der Waals surface area contributed by atoms with Crippen LogP contribution in [0.1, 0.15) is 37.7 Å². The van der Waals surface area contributed by atoms with E-state index in [9.17, 15) is 4.39 Å². The molecule has 23 heavy (non-hydrogen) atoms. The zero-order chi connectivity index (χ0) is 16.1. The Kier molecular flexibility index (Phi) is 6.07. The van der Waals surface area contributed by atoms with Gasteiger partial charge in [-0.1, -0.05) is 35.2 Å². The maximum absolute atomic E-state index is 13.9. The Hall–Kier alpha value is -0.490. The second-order valence-electron chi connectivity index (χ2n) is 6.72. The highest BCUT2D eigenvalue weighted by Gasteiger charge is 2.38. The van der Waals surface area contributed by atoms with Gasteiger partial charge in [0.2, 0.25) is 0 Å². The summed E-state index contributed by atoms with van der Waals surface area (Å²) in [4.78, 5) is 2.61. The van der Waals surface area contributed by atoms with Crippen LogP contribution in [-0.2, 0) is 11.3 Å². The summed E-state index contributed by atoms with van der Waals surface area (Å²) in [6, 6.07) is 5.14. The Morgan fingerprint density at radius 1 is 1.17 bits per heavy atom. The lowest BCUT2D eigenvalue weighted by Crippen LogP contribution is -2.59. The summed E-state index contributed by atoms with van der Waals surface area (Å²) in [5.41, 5.74) is 0.956. The van der Waals surface area contributed by atoms with Gasteiger partial charge in [-0.15, -0.1) is 0 Å². The van der Waals surface area contributed by atoms with Gasteiger partial charge in [-0.05, 0) is 31.0 Å². The highest BCUT2D eigenvalue weighted by atomic mass is 79.9. The van der Waals surface area contributed by atoms with Crippen molar-refractivity contribution in [2.75, 3.05) is 32.8 Å². The topological polar surface area (TPSA) is 24.5 Å². The summed E-state index contributed by atoms with van der Waals surface area (Å²) in [6.07, 6.45) is 6.41. The molecular formula is C18H26BrFN2O. The number of rotatable bonds is 5. The molecule has 128 valence electrons. The summed E-state index contributed by atoms with van der Waals surface area (Å²) >= 11 is 3.42. The Morgan fingerprint density at radius 2 is 1.91 bits per heavy atom. The molecule has 1 aliphatic carbocycles. The molecule has 3 nitrogen and oxygen atoms in total. The van der Waals surface area contributed by atoms with Crippen LogP contribution in [0.4, 0.5) is 4.39 Å². The van der Waals surface area contributed by atoms with E-state index >= 15 is 0 Å². The monoisotopic (exact) mass is 384 g/mol. The lowest BCUT2D eigenvalue weighted by atomic mass is 9.79. The summed E-state index contributed by atoms with van der Waals surface area (Å²) < 4.78 is 20.3. The van der Waals surface area contributed by atoms with Gasteiger partial charge in [0.15, 0.2) is 0 Å². The van der Waals surface area contributed by atoms with Crippen LogP contribution in [0.3, 0.4) is 0 Å². The van der Waals surface area contributed by atoms with Crippen molar-refractivity contribution in [1.29, 1.82) is 0 Å². The molecule has 0 radical (unpaired) electrons.